The minimum atomic E-state index is -0.375. The van der Waals surface area contributed by atoms with Gasteiger partial charge in [-0.15, -0.1) is 0 Å². The monoisotopic (exact) mass is 729 g/mol. The molecular weight excluding hydrogens is 645 g/mol. The Balaban J connectivity index is 2.12. The van der Waals surface area contributed by atoms with Crippen molar-refractivity contribution < 1.29 is 19.1 Å². The van der Waals surface area contributed by atoms with Crippen molar-refractivity contribution in [2.24, 2.45) is 0 Å². The van der Waals surface area contributed by atoms with Crippen LogP contribution in [0.25, 0.3) is 0 Å². The zero-order valence-corrected chi connectivity index (χ0v) is 34.9. The largest absolute Gasteiger partial charge is 0.462 e. The van der Waals surface area contributed by atoms with Crippen LogP contribution in [0.15, 0.2) is 24.3 Å². The second kappa shape index (κ2) is 36.1. The molecule has 0 fully saturated rings. The molecule has 302 valence electrons. The molecule has 0 aromatic heterocycles. The number of nitrogens with zero attached hydrogens (tertiary/aromatic N) is 2. The molecule has 0 atom stereocenters. The maximum atomic E-state index is 12.7. The van der Waals surface area contributed by atoms with E-state index in [1.54, 1.807) is 24.3 Å². The van der Waals surface area contributed by atoms with Gasteiger partial charge in [-0.05, 0) is 96.0 Å². The molecule has 0 aliphatic carbocycles. The first-order valence-corrected chi connectivity index (χ1v) is 22.4. The predicted molar refractivity (Wildman–Crippen MR) is 223 cm³/mol. The molecule has 6 heteroatoms. The highest BCUT2D eigenvalue weighted by Crippen LogP contribution is 2.14. The highest BCUT2D eigenvalue weighted by atomic mass is 16.5. The normalized spacial score (nSPS) is 11.5. The molecule has 0 saturated carbocycles. The summed E-state index contributed by atoms with van der Waals surface area (Å²) >= 11 is 0. The third-order valence-electron chi connectivity index (χ3n) is 10.6. The van der Waals surface area contributed by atoms with E-state index >= 15 is 0 Å². The molecule has 0 aliphatic rings. The van der Waals surface area contributed by atoms with Crippen molar-refractivity contribution >= 4 is 11.9 Å². The zero-order chi connectivity index (χ0) is 37.7. The number of carbonyl (C=O) groups excluding carboxylic acids is 2. The average Bonchev–Trinajstić information content (AvgIpc) is 3.16. The lowest BCUT2D eigenvalue weighted by Crippen LogP contribution is -2.26. The first-order chi connectivity index (χ1) is 25.5. The van der Waals surface area contributed by atoms with E-state index in [0.717, 1.165) is 65.0 Å². The Morgan fingerprint density at radius 1 is 0.423 bits per heavy atom. The highest BCUT2D eigenvalue weighted by molar-refractivity contribution is 5.95. The van der Waals surface area contributed by atoms with E-state index in [0.29, 0.717) is 24.3 Å². The molecule has 0 saturated heterocycles. The van der Waals surface area contributed by atoms with E-state index in [1.165, 1.54) is 141 Å². The lowest BCUT2D eigenvalue weighted by Gasteiger charge is -2.20. The third-order valence-corrected chi connectivity index (χ3v) is 10.6. The van der Waals surface area contributed by atoms with Gasteiger partial charge in [0.15, 0.2) is 0 Å². The maximum absolute atomic E-state index is 12.7. The lowest BCUT2D eigenvalue weighted by molar-refractivity contribution is 0.0493. The minimum Gasteiger partial charge on any atom is -0.462 e. The molecule has 0 bridgehead atoms. The van der Waals surface area contributed by atoms with Gasteiger partial charge in [-0.1, -0.05) is 162 Å². The van der Waals surface area contributed by atoms with Gasteiger partial charge < -0.3 is 19.3 Å². The number of hydrogen-bond donors (Lipinski definition) is 0. The standard InChI is InChI=1S/C46H84N2O4/c1-5-9-11-13-15-17-19-21-23-25-27-36-47(7-3)38-29-31-40-51-45(49)43-34-33-35-44(42-43)46(50)52-41-32-30-39-48(8-4)37-28-26-24-22-20-18-16-14-12-10-6-2/h33-35,42H,5-32,36-41H2,1-4H3. The molecule has 52 heavy (non-hydrogen) atoms. The van der Waals surface area contributed by atoms with Gasteiger partial charge in [-0.2, -0.15) is 0 Å². The van der Waals surface area contributed by atoms with Crippen molar-refractivity contribution in [2.45, 2.75) is 195 Å². The predicted octanol–water partition coefficient (Wildman–Crippen LogP) is 12.8. The van der Waals surface area contributed by atoms with Crippen molar-refractivity contribution in [1.82, 2.24) is 9.80 Å². The second-order valence-corrected chi connectivity index (χ2v) is 15.2. The smallest absolute Gasteiger partial charge is 0.338 e. The summed E-state index contributed by atoms with van der Waals surface area (Å²) < 4.78 is 11.1. The molecule has 0 aliphatic heterocycles. The van der Waals surface area contributed by atoms with Crippen molar-refractivity contribution in [3.63, 3.8) is 0 Å². The first kappa shape index (κ1) is 48.1. The van der Waals surface area contributed by atoms with Crippen molar-refractivity contribution in [3.05, 3.63) is 35.4 Å². The van der Waals surface area contributed by atoms with Crippen LogP contribution >= 0.6 is 0 Å². The van der Waals surface area contributed by atoms with Crippen molar-refractivity contribution in [2.75, 3.05) is 52.5 Å². The summed E-state index contributed by atoms with van der Waals surface area (Å²) in [6.45, 7) is 16.4. The van der Waals surface area contributed by atoms with Crippen LogP contribution in [-0.4, -0.2) is 74.2 Å². The van der Waals surface area contributed by atoms with Crippen LogP contribution in [0.1, 0.15) is 215 Å². The number of hydrogen-bond acceptors (Lipinski definition) is 6. The molecule has 0 N–H and O–H groups in total. The Kier molecular flexibility index (Phi) is 33.4. The van der Waals surface area contributed by atoms with E-state index in [-0.39, 0.29) is 11.9 Å². The summed E-state index contributed by atoms with van der Waals surface area (Å²) in [5.74, 6) is -0.749. The topological polar surface area (TPSA) is 59.1 Å². The molecular formula is C46H84N2O4. The van der Waals surface area contributed by atoms with Gasteiger partial charge in [0, 0.05) is 0 Å². The molecule has 1 rings (SSSR count). The summed E-state index contributed by atoms with van der Waals surface area (Å²) in [7, 11) is 0. The number of esters is 2. The second-order valence-electron chi connectivity index (χ2n) is 15.2. The van der Waals surface area contributed by atoms with Crippen LogP contribution in [0.2, 0.25) is 0 Å². The summed E-state index contributed by atoms with van der Waals surface area (Å²) in [6, 6.07) is 6.75. The molecule has 1 aromatic rings. The van der Waals surface area contributed by atoms with Crippen LogP contribution in [-0.2, 0) is 9.47 Å². The van der Waals surface area contributed by atoms with E-state index in [1.807, 2.05) is 0 Å². The van der Waals surface area contributed by atoms with Crippen LogP contribution in [0.5, 0.6) is 0 Å². The summed E-state index contributed by atoms with van der Waals surface area (Å²) in [6.07, 6.45) is 34.0. The van der Waals surface area contributed by atoms with Crippen LogP contribution in [0.3, 0.4) is 0 Å². The van der Waals surface area contributed by atoms with Gasteiger partial charge in [-0.3, -0.25) is 0 Å². The Labute approximate surface area is 322 Å². The molecule has 6 nitrogen and oxygen atoms in total. The molecule has 1 aromatic carbocycles. The maximum Gasteiger partial charge on any atom is 0.338 e. The molecule has 0 unspecified atom stereocenters. The number of carbonyl (C=O) groups is 2. The van der Waals surface area contributed by atoms with Crippen LogP contribution in [0.4, 0.5) is 0 Å². The van der Waals surface area contributed by atoms with Crippen LogP contribution in [0, 0.1) is 0 Å². The Morgan fingerprint density at radius 3 is 1.02 bits per heavy atom. The fourth-order valence-corrected chi connectivity index (χ4v) is 7.00. The van der Waals surface area contributed by atoms with Crippen LogP contribution < -0.4 is 0 Å². The molecule has 0 spiro atoms. The molecule has 0 heterocycles. The number of benzene rings is 1. The quantitative estimate of drug-likeness (QED) is 0.0499. The Morgan fingerprint density at radius 2 is 0.712 bits per heavy atom. The molecule has 0 radical (unpaired) electrons. The fraction of sp³-hybridized carbons (Fsp3) is 0.826. The van der Waals surface area contributed by atoms with Crippen molar-refractivity contribution in [3.8, 4) is 0 Å². The van der Waals surface area contributed by atoms with E-state index in [2.05, 4.69) is 37.5 Å². The summed E-state index contributed by atoms with van der Waals surface area (Å²) in [5.41, 5.74) is 0.809. The summed E-state index contributed by atoms with van der Waals surface area (Å²) in [5, 5.41) is 0. The summed E-state index contributed by atoms with van der Waals surface area (Å²) in [4.78, 5) is 30.4. The van der Waals surface area contributed by atoms with Gasteiger partial charge in [0.05, 0.1) is 24.3 Å². The SMILES string of the molecule is CCCCCCCCCCCCCN(CC)CCCCOC(=O)c1cccc(C(=O)OCCCCN(CC)CCCCCCCCCCCCC)c1. The Hall–Kier alpha value is -1.92. The van der Waals surface area contributed by atoms with Gasteiger partial charge in [-0.25, -0.2) is 9.59 Å². The first-order valence-electron chi connectivity index (χ1n) is 22.4. The van der Waals surface area contributed by atoms with E-state index in [4.69, 9.17) is 9.47 Å². The van der Waals surface area contributed by atoms with E-state index < -0.39 is 0 Å². The average molecular weight is 729 g/mol. The van der Waals surface area contributed by atoms with E-state index in [9.17, 15) is 9.59 Å². The number of unbranched alkanes of at least 4 members (excludes halogenated alkanes) is 22. The lowest BCUT2D eigenvalue weighted by atomic mass is 10.1. The van der Waals surface area contributed by atoms with Gasteiger partial charge in [0.25, 0.3) is 0 Å². The van der Waals surface area contributed by atoms with Gasteiger partial charge >= 0.3 is 11.9 Å². The van der Waals surface area contributed by atoms with Gasteiger partial charge in [0.2, 0.25) is 0 Å². The minimum absolute atomic E-state index is 0.375. The third kappa shape index (κ3) is 27.7. The number of rotatable bonds is 38. The highest BCUT2D eigenvalue weighted by Gasteiger charge is 2.13. The Bertz CT molecular complexity index is 883. The van der Waals surface area contributed by atoms with Gasteiger partial charge in [0.1, 0.15) is 0 Å². The number of ether oxygens (including phenoxy) is 2. The zero-order valence-electron chi connectivity index (χ0n) is 34.9. The molecule has 0 amide bonds. The fourth-order valence-electron chi connectivity index (χ4n) is 7.00. The van der Waals surface area contributed by atoms with Crippen molar-refractivity contribution in [1.29, 1.82) is 0 Å².